The highest BCUT2D eigenvalue weighted by Crippen LogP contribution is 2.33. The fourth-order valence-electron chi connectivity index (χ4n) is 3.38. The number of nitrogens with one attached hydrogen (secondary N) is 1. The Kier molecular flexibility index (Phi) is 7.42. The molecule has 1 saturated heterocycles. The van der Waals surface area contributed by atoms with Crippen molar-refractivity contribution in [2.75, 3.05) is 23.3 Å². The van der Waals surface area contributed by atoms with Gasteiger partial charge in [-0.25, -0.2) is 14.3 Å². The van der Waals surface area contributed by atoms with E-state index in [1.54, 1.807) is 12.3 Å². The molecule has 1 atom stereocenters. The van der Waals surface area contributed by atoms with Crippen molar-refractivity contribution in [3.8, 4) is 0 Å². The zero-order valence-corrected chi connectivity index (χ0v) is 18.5. The van der Waals surface area contributed by atoms with Crippen LogP contribution in [0.1, 0.15) is 29.0 Å². The van der Waals surface area contributed by atoms with Crippen LogP contribution in [-0.2, 0) is 18.0 Å². The number of amides is 1. The number of aromatic nitrogens is 5. The van der Waals surface area contributed by atoms with Gasteiger partial charge in [0.1, 0.15) is 5.69 Å². The van der Waals surface area contributed by atoms with Crippen molar-refractivity contribution in [2.24, 2.45) is 12.8 Å². The summed E-state index contributed by atoms with van der Waals surface area (Å²) in [6, 6.07) is 3.12. The summed E-state index contributed by atoms with van der Waals surface area (Å²) in [5.74, 6) is -3.08. The molecule has 0 spiro atoms. The normalized spacial score (nSPS) is 16.4. The van der Waals surface area contributed by atoms with Crippen LogP contribution in [-0.4, -0.2) is 66.7 Å². The molecule has 0 radical (unpaired) electrons. The number of carboxylic acid groups (broad SMARTS) is 1. The Morgan fingerprint density at radius 1 is 1.17 bits per heavy atom. The van der Waals surface area contributed by atoms with E-state index in [2.05, 4.69) is 20.5 Å². The van der Waals surface area contributed by atoms with Crippen molar-refractivity contribution < 1.29 is 41.0 Å². The minimum absolute atomic E-state index is 0.0156. The molecule has 3 aromatic rings. The zero-order chi connectivity index (χ0) is 26.8. The van der Waals surface area contributed by atoms with Crippen LogP contribution in [0.2, 0.25) is 0 Å². The average molecular weight is 522 g/mol. The number of nitrogens with two attached hydrogens (primary N) is 1. The number of nitrogens with zero attached hydrogens (tertiary/aromatic N) is 6. The lowest BCUT2D eigenvalue weighted by atomic mass is 10.1. The van der Waals surface area contributed by atoms with Crippen LogP contribution >= 0.6 is 0 Å². The number of fused-ring (bicyclic) bond motifs is 1. The maximum Gasteiger partial charge on any atom is 0.490 e. The number of hydrogen-bond donors (Lipinski definition) is 3. The average Bonchev–Trinajstić information content (AvgIpc) is 3.36. The van der Waals surface area contributed by atoms with Crippen LogP contribution in [0, 0.1) is 0 Å². The molecular formula is C19H20F6N8O3. The predicted octanol–water partition coefficient (Wildman–Crippen LogP) is 2.29. The van der Waals surface area contributed by atoms with E-state index in [0.29, 0.717) is 18.0 Å². The van der Waals surface area contributed by atoms with Crippen molar-refractivity contribution in [3.63, 3.8) is 0 Å². The van der Waals surface area contributed by atoms with Crippen molar-refractivity contribution >= 4 is 29.0 Å². The molecule has 17 heteroatoms. The minimum atomic E-state index is -5.08. The van der Waals surface area contributed by atoms with Gasteiger partial charge in [-0.3, -0.25) is 9.48 Å². The Labute approximate surface area is 198 Å². The highest BCUT2D eigenvalue weighted by Gasteiger charge is 2.38. The number of halogens is 6. The van der Waals surface area contributed by atoms with Gasteiger partial charge < -0.3 is 21.1 Å². The topological polar surface area (TPSA) is 144 Å². The summed E-state index contributed by atoms with van der Waals surface area (Å²) < 4.78 is 73.5. The van der Waals surface area contributed by atoms with E-state index in [-0.39, 0.29) is 11.7 Å². The van der Waals surface area contributed by atoms with Crippen molar-refractivity contribution in [1.82, 2.24) is 24.4 Å². The summed E-state index contributed by atoms with van der Waals surface area (Å²) in [6.07, 6.45) is -5.28. The summed E-state index contributed by atoms with van der Waals surface area (Å²) >= 11 is 0. The Morgan fingerprint density at radius 2 is 1.83 bits per heavy atom. The van der Waals surface area contributed by atoms with E-state index in [4.69, 9.17) is 15.6 Å². The number of hydrogen-bond acceptors (Lipinski definition) is 7. The van der Waals surface area contributed by atoms with Crippen molar-refractivity contribution in [1.29, 1.82) is 0 Å². The predicted molar refractivity (Wildman–Crippen MR) is 112 cm³/mol. The van der Waals surface area contributed by atoms with Gasteiger partial charge in [0.25, 0.3) is 5.91 Å². The monoisotopic (exact) mass is 522 g/mol. The van der Waals surface area contributed by atoms with Crippen LogP contribution in [0.15, 0.2) is 24.5 Å². The molecule has 1 aliphatic rings. The first-order chi connectivity index (χ1) is 16.7. The summed E-state index contributed by atoms with van der Waals surface area (Å²) in [7, 11) is 1.35. The molecular weight excluding hydrogens is 502 g/mol. The van der Waals surface area contributed by atoms with E-state index >= 15 is 0 Å². The lowest BCUT2D eigenvalue weighted by Crippen LogP contribution is -2.43. The highest BCUT2D eigenvalue weighted by molar-refractivity contribution is 6.04. The van der Waals surface area contributed by atoms with Gasteiger partial charge in [-0.15, -0.1) is 5.10 Å². The second-order valence-electron chi connectivity index (χ2n) is 7.78. The second-order valence-corrected chi connectivity index (χ2v) is 7.78. The number of carbonyl (C=O) groups is 2. The molecule has 3 aromatic heterocycles. The number of alkyl halides is 6. The quantitative estimate of drug-likeness (QED) is 0.445. The zero-order valence-electron chi connectivity index (χ0n) is 18.5. The van der Waals surface area contributed by atoms with Crippen LogP contribution < -0.4 is 16.0 Å². The molecule has 4 rings (SSSR count). The number of carboxylic acids is 1. The Balaban J connectivity index is 0.000000454. The molecule has 0 aromatic carbocycles. The molecule has 1 aliphatic heterocycles. The molecule has 196 valence electrons. The third-order valence-electron chi connectivity index (χ3n) is 4.95. The van der Waals surface area contributed by atoms with Gasteiger partial charge >= 0.3 is 18.3 Å². The minimum Gasteiger partial charge on any atom is -0.475 e. The second kappa shape index (κ2) is 10.00. The van der Waals surface area contributed by atoms with Crippen molar-refractivity contribution in [2.45, 2.75) is 31.2 Å². The highest BCUT2D eigenvalue weighted by atomic mass is 19.4. The molecule has 36 heavy (non-hydrogen) atoms. The van der Waals surface area contributed by atoms with Gasteiger partial charge in [0.15, 0.2) is 5.69 Å². The Hall–Kier alpha value is -3.89. The van der Waals surface area contributed by atoms with Crippen LogP contribution in [0.3, 0.4) is 0 Å². The number of anilines is 2. The van der Waals surface area contributed by atoms with Crippen LogP contribution in [0.4, 0.5) is 38.0 Å². The van der Waals surface area contributed by atoms with Gasteiger partial charge in [0.2, 0.25) is 5.95 Å². The van der Waals surface area contributed by atoms with E-state index < -0.39 is 35.6 Å². The van der Waals surface area contributed by atoms with Gasteiger partial charge in [-0.05, 0) is 25.0 Å². The number of aliphatic carboxylic acids is 1. The number of piperidine rings is 1. The molecule has 0 unspecified atom stereocenters. The Morgan fingerprint density at radius 3 is 2.42 bits per heavy atom. The number of rotatable bonds is 3. The molecule has 1 fully saturated rings. The van der Waals surface area contributed by atoms with Crippen LogP contribution in [0.25, 0.3) is 5.52 Å². The van der Waals surface area contributed by atoms with Crippen LogP contribution in [0.5, 0.6) is 0 Å². The SMILES string of the molecule is Cn1cc(NC(=O)c2ccc3cnc(N4CCC[C@@H](N)C4)nn23)c(C(F)(F)F)n1.O=C(O)C(F)(F)F. The van der Waals surface area contributed by atoms with Gasteiger partial charge in [0, 0.05) is 32.4 Å². The molecule has 4 heterocycles. The number of aryl methyl sites for hydroxylation is 1. The summed E-state index contributed by atoms with van der Waals surface area (Å²) in [4.78, 5) is 27.8. The maximum absolute atomic E-state index is 13.1. The molecule has 0 aliphatic carbocycles. The standard InChI is InChI=1S/C17H19F3N8O.C2HF3O2/c1-26-9-12(14(24-26)17(18,19)20)23-15(29)13-5-4-11-7-22-16(25-28(11)13)27-6-2-3-10(21)8-27;3-2(4,5)1(6)7/h4-5,7,9-10H,2-3,6,8,21H2,1H3,(H,23,29);(H,6,7)/t10-;/m1./s1. The first kappa shape index (κ1) is 26.7. The van der Waals surface area contributed by atoms with E-state index in [0.717, 1.165) is 30.3 Å². The first-order valence-corrected chi connectivity index (χ1v) is 10.2. The fraction of sp³-hybridized carbons (Fsp3) is 0.421. The number of carbonyl (C=O) groups excluding carboxylic acids is 1. The lowest BCUT2D eigenvalue weighted by Gasteiger charge is -2.30. The molecule has 0 bridgehead atoms. The molecule has 1 amide bonds. The third kappa shape index (κ3) is 6.21. The van der Waals surface area contributed by atoms with Crippen molar-refractivity contribution in [3.05, 3.63) is 35.9 Å². The fourth-order valence-corrected chi connectivity index (χ4v) is 3.38. The van der Waals surface area contributed by atoms with E-state index in [9.17, 15) is 31.1 Å². The summed E-state index contributed by atoms with van der Waals surface area (Å²) in [5, 5.41) is 17.2. The van der Waals surface area contributed by atoms with Gasteiger partial charge in [-0.2, -0.15) is 31.4 Å². The van der Waals surface area contributed by atoms with E-state index in [1.807, 2.05) is 4.90 Å². The largest absolute Gasteiger partial charge is 0.490 e. The first-order valence-electron chi connectivity index (χ1n) is 10.2. The van der Waals surface area contributed by atoms with Gasteiger partial charge in [0.05, 0.1) is 17.4 Å². The lowest BCUT2D eigenvalue weighted by molar-refractivity contribution is -0.192. The molecule has 0 saturated carbocycles. The molecule has 11 nitrogen and oxygen atoms in total. The Bertz CT molecular complexity index is 1250. The smallest absolute Gasteiger partial charge is 0.475 e. The van der Waals surface area contributed by atoms with Gasteiger partial charge in [-0.1, -0.05) is 0 Å². The maximum atomic E-state index is 13.1. The van der Waals surface area contributed by atoms with E-state index in [1.165, 1.54) is 17.6 Å². The molecule has 4 N–H and O–H groups in total. The third-order valence-corrected chi connectivity index (χ3v) is 4.95. The summed E-state index contributed by atoms with van der Waals surface area (Å²) in [5.41, 5.74) is 5.05. The summed E-state index contributed by atoms with van der Waals surface area (Å²) in [6.45, 7) is 1.34.